The Morgan fingerprint density at radius 3 is 2.83 bits per heavy atom. The maximum Gasteiger partial charge on any atom is 0.248 e. The molecule has 0 saturated heterocycles. The van der Waals surface area contributed by atoms with E-state index >= 15 is 0 Å². The van der Waals surface area contributed by atoms with Crippen LogP contribution in [0, 0.1) is 6.92 Å². The van der Waals surface area contributed by atoms with E-state index in [0.717, 1.165) is 21.2 Å². The zero-order chi connectivity index (χ0) is 21.3. The first-order valence-electron chi connectivity index (χ1n) is 9.12. The zero-order valence-corrected chi connectivity index (χ0v) is 18.0. The summed E-state index contributed by atoms with van der Waals surface area (Å²) in [6.07, 6.45) is 3.17. The maximum atomic E-state index is 12.3. The molecule has 0 saturated carbocycles. The molecule has 3 N–H and O–H groups in total. The quantitative estimate of drug-likeness (QED) is 0.384. The van der Waals surface area contributed by atoms with Gasteiger partial charge in [-0.05, 0) is 42.8 Å². The molecular formula is C22H21N3O3S2. The molecule has 0 bridgehead atoms. The highest BCUT2D eigenvalue weighted by Crippen LogP contribution is 2.26. The van der Waals surface area contributed by atoms with E-state index in [1.807, 2.05) is 54.8 Å². The second-order valence-electron chi connectivity index (χ2n) is 6.29. The fraction of sp³-hybridized carbons (Fsp3) is 0.136. The van der Waals surface area contributed by atoms with Crippen molar-refractivity contribution in [3.8, 4) is 5.75 Å². The van der Waals surface area contributed by atoms with Crippen LogP contribution >= 0.6 is 23.1 Å². The SMILES string of the molecule is Cc1nc(COc2cccc(/C=C/C(=O)Nc3ccccc3SCC(N)=O)c2)cs1. The number of nitrogens with two attached hydrogens (primary N) is 1. The normalized spacial score (nSPS) is 10.8. The Morgan fingerprint density at radius 1 is 1.23 bits per heavy atom. The lowest BCUT2D eigenvalue weighted by Crippen LogP contribution is -2.13. The predicted molar refractivity (Wildman–Crippen MR) is 122 cm³/mol. The number of benzene rings is 2. The molecule has 1 aromatic heterocycles. The fourth-order valence-electron chi connectivity index (χ4n) is 2.53. The molecule has 0 atom stereocenters. The first-order chi connectivity index (χ1) is 14.5. The molecule has 8 heteroatoms. The Morgan fingerprint density at radius 2 is 2.07 bits per heavy atom. The van der Waals surface area contributed by atoms with Gasteiger partial charge in [0, 0.05) is 16.4 Å². The number of para-hydroxylation sites is 1. The lowest BCUT2D eigenvalue weighted by molar-refractivity contribution is -0.115. The first-order valence-corrected chi connectivity index (χ1v) is 11.0. The molecule has 2 aromatic carbocycles. The van der Waals surface area contributed by atoms with E-state index in [4.69, 9.17) is 10.5 Å². The number of nitrogens with zero attached hydrogens (tertiary/aromatic N) is 1. The number of carbonyl (C=O) groups is 2. The summed E-state index contributed by atoms with van der Waals surface area (Å²) >= 11 is 2.87. The van der Waals surface area contributed by atoms with Crippen LogP contribution in [-0.4, -0.2) is 22.6 Å². The number of hydrogen-bond donors (Lipinski definition) is 2. The molecule has 0 unspecified atom stereocenters. The molecule has 1 heterocycles. The molecule has 0 spiro atoms. The number of carbonyl (C=O) groups excluding carboxylic acids is 2. The molecule has 30 heavy (non-hydrogen) atoms. The largest absolute Gasteiger partial charge is 0.487 e. The first kappa shape index (κ1) is 21.6. The molecule has 2 amide bonds. The molecule has 0 fully saturated rings. The van der Waals surface area contributed by atoms with Crippen LogP contribution in [0.5, 0.6) is 5.75 Å². The molecule has 3 aromatic rings. The maximum absolute atomic E-state index is 12.3. The van der Waals surface area contributed by atoms with Gasteiger partial charge in [0.25, 0.3) is 0 Å². The summed E-state index contributed by atoms with van der Waals surface area (Å²) in [4.78, 5) is 28.5. The summed E-state index contributed by atoms with van der Waals surface area (Å²) in [6, 6.07) is 14.8. The molecule has 0 aliphatic rings. The number of amides is 2. The van der Waals surface area contributed by atoms with Crippen molar-refractivity contribution in [1.29, 1.82) is 0 Å². The van der Waals surface area contributed by atoms with Crippen molar-refractivity contribution in [2.75, 3.05) is 11.1 Å². The Labute approximate surface area is 183 Å². The number of nitrogens with one attached hydrogen (secondary N) is 1. The average molecular weight is 440 g/mol. The van der Waals surface area contributed by atoms with E-state index in [1.54, 1.807) is 23.5 Å². The van der Waals surface area contributed by atoms with Gasteiger partial charge in [-0.1, -0.05) is 24.3 Å². The Bertz CT molecular complexity index is 1060. The van der Waals surface area contributed by atoms with Crippen molar-refractivity contribution in [3.63, 3.8) is 0 Å². The number of aryl methyl sites for hydroxylation is 1. The van der Waals surface area contributed by atoms with E-state index in [0.29, 0.717) is 18.0 Å². The summed E-state index contributed by atoms with van der Waals surface area (Å²) in [5.41, 5.74) is 7.57. The number of rotatable bonds is 9. The highest BCUT2D eigenvalue weighted by Gasteiger charge is 2.06. The van der Waals surface area contributed by atoms with E-state index < -0.39 is 5.91 Å². The molecule has 0 aliphatic heterocycles. The minimum Gasteiger partial charge on any atom is -0.487 e. The number of thioether (sulfide) groups is 1. The van der Waals surface area contributed by atoms with Gasteiger partial charge in [0.05, 0.1) is 22.1 Å². The zero-order valence-electron chi connectivity index (χ0n) is 16.3. The van der Waals surface area contributed by atoms with Crippen LogP contribution in [0.3, 0.4) is 0 Å². The van der Waals surface area contributed by atoms with Crippen molar-refractivity contribution >= 4 is 46.7 Å². The van der Waals surface area contributed by atoms with Gasteiger partial charge < -0.3 is 15.8 Å². The molecule has 0 aliphatic carbocycles. The number of hydrogen-bond acceptors (Lipinski definition) is 6. The number of aromatic nitrogens is 1. The van der Waals surface area contributed by atoms with Crippen molar-refractivity contribution < 1.29 is 14.3 Å². The van der Waals surface area contributed by atoms with Crippen molar-refractivity contribution in [2.24, 2.45) is 5.73 Å². The lowest BCUT2D eigenvalue weighted by atomic mass is 10.2. The minimum atomic E-state index is -0.409. The Balaban J connectivity index is 1.59. The summed E-state index contributed by atoms with van der Waals surface area (Å²) in [5, 5.41) is 5.81. The second-order valence-corrected chi connectivity index (χ2v) is 8.37. The Kier molecular flexibility index (Phi) is 7.64. The minimum absolute atomic E-state index is 0.149. The smallest absolute Gasteiger partial charge is 0.248 e. The summed E-state index contributed by atoms with van der Waals surface area (Å²) < 4.78 is 5.78. The van der Waals surface area contributed by atoms with Crippen LogP contribution in [0.25, 0.3) is 6.08 Å². The standard InChI is InChI=1S/C22H21N3O3S2/c1-15-24-17(13-29-15)12-28-18-6-4-5-16(11-18)9-10-22(27)25-19-7-2-3-8-20(19)30-14-21(23)26/h2-11,13H,12,14H2,1H3,(H2,23,26)(H,25,27)/b10-9+. The molecular weight excluding hydrogens is 418 g/mol. The predicted octanol–water partition coefficient (Wildman–Crippen LogP) is 4.26. The van der Waals surface area contributed by atoms with Gasteiger partial charge in [0.2, 0.25) is 11.8 Å². The number of thiazole rings is 1. The molecule has 3 rings (SSSR count). The number of anilines is 1. The third-order valence-electron chi connectivity index (χ3n) is 3.85. The summed E-state index contributed by atoms with van der Waals surface area (Å²) in [5.74, 6) is 0.173. The molecule has 0 radical (unpaired) electrons. The number of ether oxygens (including phenoxy) is 1. The summed E-state index contributed by atoms with van der Waals surface area (Å²) in [6.45, 7) is 2.36. The van der Waals surface area contributed by atoms with Crippen LogP contribution in [0.1, 0.15) is 16.3 Å². The van der Waals surface area contributed by atoms with Crippen LogP contribution < -0.4 is 15.8 Å². The monoisotopic (exact) mass is 439 g/mol. The Hall–Kier alpha value is -3.10. The van der Waals surface area contributed by atoms with Gasteiger partial charge in [-0.25, -0.2) is 4.98 Å². The van der Waals surface area contributed by atoms with E-state index in [-0.39, 0.29) is 11.7 Å². The van der Waals surface area contributed by atoms with Crippen molar-refractivity contribution in [2.45, 2.75) is 18.4 Å². The fourth-order valence-corrected chi connectivity index (χ4v) is 3.88. The third kappa shape index (κ3) is 6.75. The van der Waals surface area contributed by atoms with Crippen LogP contribution in [-0.2, 0) is 16.2 Å². The second kappa shape index (κ2) is 10.6. The molecule has 154 valence electrons. The van der Waals surface area contributed by atoms with Gasteiger partial charge in [-0.15, -0.1) is 23.1 Å². The average Bonchev–Trinajstić information content (AvgIpc) is 3.15. The van der Waals surface area contributed by atoms with Crippen LogP contribution in [0.4, 0.5) is 5.69 Å². The van der Waals surface area contributed by atoms with Crippen LogP contribution in [0.15, 0.2) is 64.9 Å². The van der Waals surface area contributed by atoms with Crippen LogP contribution in [0.2, 0.25) is 0 Å². The van der Waals surface area contributed by atoms with E-state index in [1.165, 1.54) is 17.8 Å². The van der Waals surface area contributed by atoms with E-state index in [2.05, 4.69) is 10.3 Å². The highest BCUT2D eigenvalue weighted by atomic mass is 32.2. The van der Waals surface area contributed by atoms with Gasteiger partial charge in [-0.2, -0.15) is 0 Å². The topological polar surface area (TPSA) is 94.3 Å². The van der Waals surface area contributed by atoms with Gasteiger partial charge in [-0.3, -0.25) is 9.59 Å². The lowest BCUT2D eigenvalue weighted by Gasteiger charge is -2.08. The van der Waals surface area contributed by atoms with Crippen molar-refractivity contribution in [1.82, 2.24) is 4.98 Å². The van der Waals surface area contributed by atoms with Gasteiger partial charge in [0.1, 0.15) is 12.4 Å². The summed E-state index contributed by atoms with van der Waals surface area (Å²) in [7, 11) is 0. The van der Waals surface area contributed by atoms with Gasteiger partial charge in [0.15, 0.2) is 0 Å². The van der Waals surface area contributed by atoms with E-state index in [9.17, 15) is 9.59 Å². The van der Waals surface area contributed by atoms with Gasteiger partial charge >= 0.3 is 0 Å². The molecule has 6 nitrogen and oxygen atoms in total. The van der Waals surface area contributed by atoms with Crippen molar-refractivity contribution in [3.05, 3.63) is 76.3 Å². The highest BCUT2D eigenvalue weighted by molar-refractivity contribution is 8.00. The third-order valence-corrected chi connectivity index (χ3v) is 5.77. The number of primary amides is 1.